The molecule has 8 heteroatoms. The minimum atomic E-state index is -0.400. The van der Waals surface area contributed by atoms with Crippen molar-refractivity contribution in [3.8, 4) is 6.07 Å². The van der Waals surface area contributed by atoms with Crippen LogP contribution in [0.5, 0.6) is 0 Å². The Morgan fingerprint density at radius 2 is 2.00 bits per heavy atom. The van der Waals surface area contributed by atoms with E-state index in [1.807, 2.05) is 6.07 Å². The first-order chi connectivity index (χ1) is 10.1. The molecule has 1 aromatic heterocycles. The molecule has 2 rings (SSSR count). The number of rotatable bonds is 3. The Morgan fingerprint density at radius 3 is 2.48 bits per heavy atom. The number of amides is 1. The van der Waals surface area contributed by atoms with Gasteiger partial charge in [0.05, 0.1) is 17.7 Å². The molecule has 0 spiro atoms. The summed E-state index contributed by atoms with van der Waals surface area (Å²) in [5.74, 6) is -0.400. The molecule has 0 aliphatic carbocycles. The van der Waals surface area contributed by atoms with E-state index in [-0.39, 0.29) is 30.0 Å². The molecule has 2 N–H and O–H groups in total. The summed E-state index contributed by atoms with van der Waals surface area (Å²) in [5.41, 5.74) is 1.56. The van der Waals surface area contributed by atoms with Crippen LogP contribution in [0.3, 0.4) is 0 Å². The average molecular weight is 318 g/mol. The monoisotopic (exact) mass is 318 g/mol. The third-order valence-electron chi connectivity index (χ3n) is 2.82. The average Bonchev–Trinajstić information content (AvgIpc) is 2.82. The first-order valence-electron chi connectivity index (χ1n) is 5.81. The number of nitrogens with zero attached hydrogens (tertiary/aromatic N) is 2. The number of carbonyl (C=O) groups is 1. The Bertz CT molecular complexity index is 801. The molecule has 0 saturated heterocycles. The predicted octanol–water partition coefficient (Wildman–Crippen LogP) is 0.0163. The van der Waals surface area contributed by atoms with Crippen molar-refractivity contribution in [2.24, 2.45) is 0 Å². The normalized spacial score (nSPS) is 8.65. The minimum Gasteiger partial charge on any atom is -0.870 e. The number of nitriles is 1. The van der Waals surface area contributed by atoms with E-state index >= 15 is 0 Å². The predicted molar refractivity (Wildman–Crippen MR) is 81.2 cm³/mol. The zero-order valence-electron chi connectivity index (χ0n) is 12.4. The van der Waals surface area contributed by atoms with E-state index in [9.17, 15) is 9.59 Å². The summed E-state index contributed by atoms with van der Waals surface area (Å²) in [4.78, 5) is 26.3. The molecule has 1 amide bonds. The topological polar surface area (TPSA) is 104 Å². The number of hydrogen-bond acceptors (Lipinski definition) is 5. The molecule has 110 valence electrons. The molecule has 1 heterocycles. The van der Waals surface area contributed by atoms with Gasteiger partial charge in [0, 0.05) is 5.56 Å². The van der Waals surface area contributed by atoms with Gasteiger partial charge in [-0.15, -0.1) is 23.5 Å². The van der Waals surface area contributed by atoms with Gasteiger partial charge < -0.3 is 15.6 Å². The van der Waals surface area contributed by atoms with E-state index in [4.69, 9.17) is 11.8 Å². The smallest absolute Gasteiger partial charge is 0.870 e. The number of thiophene rings is 1. The zero-order valence-corrected chi connectivity index (χ0v) is 13.2. The second-order valence-electron chi connectivity index (χ2n) is 4.09. The van der Waals surface area contributed by atoms with Gasteiger partial charge in [-0.3, -0.25) is 4.79 Å². The van der Waals surface area contributed by atoms with E-state index in [0.29, 0.717) is 26.6 Å². The fourth-order valence-electron chi connectivity index (χ4n) is 1.70. The SMILES string of the molecule is [C-]#[N+]c1c(NC(=O)c2ccc([C-]=O)cc2)sc(C#N)c1C.[Li+].[OH-]. The Labute approximate surface area is 149 Å². The minimum absolute atomic E-state index is 0. The van der Waals surface area contributed by atoms with Crippen LogP contribution in [-0.2, 0) is 4.79 Å². The standard InChI is InChI=1S/C15H8N3O2S.Li.H2O/c1-9-12(7-16)21-15(13(9)17-2)18-14(20)11-5-3-10(8-19)4-6-11;;/h3-6H,1H3,(H,18,20);;1H2/q-1;+1;/p-1. The van der Waals surface area contributed by atoms with Crippen molar-refractivity contribution in [3.63, 3.8) is 0 Å². The summed E-state index contributed by atoms with van der Waals surface area (Å²) in [6, 6.07) is 7.97. The van der Waals surface area contributed by atoms with Gasteiger partial charge in [-0.2, -0.15) is 23.0 Å². The third kappa shape index (κ3) is 4.29. The number of anilines is 1. The van der Waals surface area contributed by atoms with Crippen LogP contribution in [0, 0.1) is 24.8 Å². The third-order valence-corrected chi connectivity index (χ3v) is 3.92. The molecule has 0 aliphatic heterocycles. The van der Waals surface area contributed by atoms with Gasteiger partial charge in [0.25, 0.3) is 5.91 Å². The molecule has 0 saturated carbocycles. The Kier molecular flexibility index (Phi) is 7.97. The molecule has 0 fully saturated rings. The van der Waals surface area contributed by atoms with Crippen molar-refractivity contribution in [3.05, 3.63) is 57.3 Å². The van der Waals surface area contributed by atoms with Crippen LogP contribution in [0.25, 0.3) is 4.85 Å². The van der Waals surface area contributed by atoms with Crippen molar-refractivity contribution in [1.29, 1.82) is 5.26 Å². The molecule has 1 aromatic carbocycles. The van der Waals surface area contributed by atoms with Crippen LogP contribution in [0.2, 0.25) is 0 Å². The molecule has 0 atom stereocenters. The summed E-state index contributed by atoms with van der Waals surface area (Å²) < 4.78 is 0. The maximum Gasteiger partial charge on any atom is 1.00 e. The summed E-state index contributed by atoms with van der Waals surface area (Å²) in [5, 5.41) is 12.0. The van der Waals surface area contributed by atoms with Gasteiger partial charge in [-0.25, -0.2) is 4.85 Å². The summed E-state index contributed by atoms with van der Waals surface area (Å²) in [6.45, 7) is 8.82. The van der Waals surface area contributed by atoms with Gasteiger partial charge in [0.2, 0.25) is 5.69 Å². The van der Waals surface area contributed by atoms with Crippen LogP contribution in [0.1, 0.15) is 26.4 Å². The van der Waals surface area contributed by atoms with Gasteiger partial charge in [0.1, 0.15) is 11.1 Å². The van der Waals surface area contributed by atoms with Gasteiger partial charge >= 0.3 is 18.9 Å². The van der Waals surface area contributed by atoms with E-state index in [2.05, 4.69) is 10.2 Å². The molecule has 0 unspecified atom stereocenters. The molecule has 0 aliphatic rings. The van der Waals surface area contributed by atoms with Gasteiger partial charge in [-0.05, 0) is 12.5 Å². The Balaban J connectivity index is 0.00000242. The second kappa shape index (κ2) is 8.90. The largest absolute Gasteiger partial charge is 1.00 e. The van der Waals surface area contributed by atoms with Crippen LogP contribution in [0.15, 0.2) is 24.3 Å². The molecule has 0 bridgehead atoms. The zero-order chi connectivity index (χ0) is 15.4. The fraction of sp³-hybridized carbons (Fsp3) is 0.0667. The maximum atomic E-state index is 12.1. The fourth-order valence-corrected chi connectivity index (χ4v) is 2.63. The second-order valence-corrected chi connectivity index (χ2v) is 5.11. The van der Waals surface area contributed by atoms with Crippen molar-refractivity contribution in [1.82, 2.24) is 0 Å². The van der Waals surface area contributed by atoms with Crippen LogP contribution in [-0.4, -0.2) is 17.7 Å². The van der Waals surface area contributed by atoms with Crippen LogP contribution < -0.4 is 24.2 Å². The molecule has 23 heavy (non-hydrogen) atoms. The van der Waals surface area contributed by atoms with E-state index in [1.165, 1.54) is 24.3 Å². The van der Waals surface area contributed by atoms with E-state index < -0.39 is 5.91 Å². The van der Waals surface area contributed by atoms with Crippen molar-refractivity contribution < 1.29 is 33.9 Å². The molecular formula is C15H9LiN3O3S-. The summed E-state index contributed by atoms with van der Waals surface area (Å²) >= 11 is 1.07. The molecule has 6 nitrogen and oxygen atoms in total. The molecular weight excluding hydrogens is 309 g/mol. The number of hydrogen-bond donors (Lipinski definition) is 1. The summed E-state index contributed by atoms with van der Waals surface area (Å²) in [7, 11) is 0. The molecule has 2 aromatic rings. The summed E-state index contributed by atoms with van der Waals surface area (Å²) in [6.07, 6.45) is 1.72. The quantitative estimate of drug-likeness (QED) is 0.636. The number of nitrogens with one attached hydrogen (secondary N) is 1. The van der Waals surface area contributed by atoms with Crippen LogP contribution >= 0.6 is 11.3 Å². The maximum absolute atomic E-state index is 12.1. The molecule has 0 radical (unpaired) electrons. The van der Waals surface area contributed by atoms with E-state index in [1.54, 1.807) is 13.2 Å². The van der Waals surface area contributed by atoms with E-state index in [0.717, 1.165) is 11.3 Å². The first-order valence-corrected chi connectivity index (χ1v) is 6.63. The Hall–Kier alpha value is -2.40. The van der Waals surface area contributed by atoms with Gasteiger partial charge in [-0.1, -0.05) is 0 Å². The van der Waals surface area contributed by atoms with Crippen LogP contribution in [0.4, 0.5) is 10.7 Å². The number of benzene rings is 1. The van der Waals surface area contributed by atoms with Gasteiger partial charge in [0.15, 0.2) is 0 Å². The van der Waals surface area contributed by atoms with Crippen molar-refractivity contribution >= 4 is 34.2 Å². The van der Waals surface area contributed by atoms with Crippen molar-refractivity contribution in [2.75, 3.05) is 5.32 Å². The first kappa shape index (κ1) is 20.6. The Morgan fingerprint density at radius 1 is 1.39 bits per heavy atom. The van der Waals surface area contributed by atoms with Crippen molar-refractivity contribution in [2.45, 2.75) is 6.92 Å². The number of carbonyl (C=O) groups excluding carboxylic acids is 2.